The van der Waals surface area contributed by atoms with Gasteiger partial charge in [0.1, 0.15) is 6.54 Å². The number of carboxylic acids is 1. The molecule has 2 rings (SSSR count). The second-order valence-corrected chi connectivity index (χ2v) is 5.79. The Morgan fingerprint density at radius 3 is 2.71 bits per heavy atom. The topological polar surface area (TPSA) is 87.1 Å². The summed E-state index contributed by atoms with van der Waals surface area (Å²) in [5.74, 6) is -1.15. The lowest BCUT2D eigenvalue weighted by Crippen LogP contribution is -2.42. The summed E-state index contributed by atoms with van der Waals surface area (Å²) in [4.78, 5) is 38.2. The van der Waals surface area contributed by atoms with E-state index in [-0.39, 0.29) is 37.9 Å². The number of carboxylic acid groups (broad SMARTS) is 1. The number of methoxy groups -OCH3 is 1. The van der Waals surface area contributed by atoms with Crippen LogP contribution >= 0.6 is 0 Å². The Kier molecular flexibility index (Phi) is 5.17. The smallest absolute Gasteiger partial charge is 0.323 e. The van der Waals surface area contributed by atoms with Crippen molar-refractivity contribution in [3.63, 3.8) is 0 Å². The Morgan fingerprint density at radius 1 is 1.43 bits per heavy atom. The van der Waals surface area contributed by atoms with Gasteiger partial charge in [-0.05, 0) is 18.8 Å². The van der Waals surface area contributed by atoms with Crippen molar-refractivity contribution >= 4 is 17.8 Å². The maximum absolute atomic E-state index is 12.4. The summed E-state index contributed by atoms with van der Waals surface area (Å²) in [5.41, 5.74) is 0. The normalized spacial score (nSPS) is 21.7. The van der Waals surface area contributed by atoms with Gasteiger partial charge in [-0.3, -0.25) is 14.4 Å². The fourth-order valence-corrected chi connectivity index (χ4v) is 2.62. The van der Waals surface area contributed by atoms with Crippen LogP contribution in [-0.4, -0.2) is 72.6 Å². The third-order valence-electron chi connectivity index (χ3n) is 3.94. The number of amides is 2. The standard InChI is InChI=1S/C14H22N2O5/c1-21-5-4-15(9-13(18)19)14(20)11-6-12(17)16(8-11)7-10-2-3-10/h10-11H,2-9H2,1H3,(H,18,19). The minimum absolute atomic E-state index is 0.00210. The van der Waals surface area contributed by atoms with E-state index < -0.39 is 11.9 Å². The molecule has 1 aliphatic carbocycles. The molecular weight excluding hydrogens is 276 g/mol. The van der Waals surface area contributed by atoms with Crippen LogP contribution in [0.1, 0.15) is 19.3 Å². The molecule has 1 aliphatic heterocycles. The van der Waals surface area contributed by atoms with E-state index in [1.165, 1.54) is 12.0 Å². The van der Waals surface area contributed by atoms with E-state index >= 15 is 0 Å². The molecule has 0 aromatic rings. The molecule has 21 heavy (non-hydrogen) atoms. The van der Waals surface area contributed by atoms with Gasteiger partial charge in [-0.15, -0.1) is 0 Å². The third kappa shape index (κ3) is 4.42. The van der Waals surface area contributed by atoms with Gasteiger partial charge >= 0.3 is 5.97 Å². The summed E-state index contributed by atoms with van der Waals surface area (Å²) >= 11 is 0. The number of likely N-dealkylation sites (tertiary alicyclic amines) is 1. The number of hydrogen-bond donors (Lipinski definition) is 1. The van der Waals surface area contributed by atoms with E-state index in [0.29, 0.717) is 12.5 Å². The highest BCUT2D eigenvalue weighted by atomic mass is 16.5. The minimum Gasteiger partial charge on any atom is -0.480 e. The molecule has 0 spiro atoms. The van der Waals surface area contributed by atoms with Crippen LogP contribution in [0.15, 0.2) is 0 Å². The zero-order valence-electron chi connectivity index (χ0n) is 12.3. The lowest BCUT2D eigenvalue weighted by molar-refractivity contribution is -0.146. The predicted octanol–water partition coefficient (Wildman–Crippen LogP) is -0.195. The molecule has 7 nitrogen and oxygen atoms in total. The molecule has 1 saturated carbocycles. The van der Waals surface area contributed by atoms with Gasteiger partial charge in [0.05, 0.1) is 12.5 Å². The van der Waals surface area contributed by atoms with E-state index in [4.69, 9.17) is 9.84 Å². The number of carbonyl (C=O) groups is 3. The Bertz CT molecular complexity index is 422. The molecule has 0 bridgehead atoms. The van der Waals surface area contributed by atoms with E-state index in [0.717, 1.165) is 19.4 Å². The van der Waals surface area contributed by atoms with Crippen LogP contribution in [0.25, 0.3) is 0 Å². The first-order valence-corrected chi connectivity index (χ1v) is 7.28. The largest absolute Gasteiger partial charge is 0.480 e. The maximum atomic E-state index is 12.4. The average Bonchev–Trinajstić information content (AvgIpc) is 3.17. The van der Waals surface area contributed by atoms with Gasteiger partial charge in [0.2, 0.25) is 11.8 Å². The first-order chi connectivity index (χ1) is 10.0. The molecule has 1 heterocycles. The van der Waals surface area contributed by atoms with Gasteiger partial charge in [0.25, 0.3) is 0 Å². The molecular formula is C14H22N2O5. The number of aliphatic carboxylic acids is 1. The van der Waals surface area contributed by atoms with Crippen molar-refractivity contribution in [1.29, 1.82) is 0 Å². The van der Waals surface area contributed by atoms with Crippen LogP contribution in [0.2, 0.25) is 0 Å². The van der Waals surface area contributed by atoms with E-state index in [2.05, 4.69) is 0 Å². The molecule has 0 aromatic heterocycles. The van der Waals surface area contributed by atoms with Crippen molar-refractivity contribution in [3.05, 3.63) is 0 Å². The maximum Gasteiger partial charge on any atom is 0.323 e. The molecule has 0 radical (unpaired) electrons. The van der Waals surface area contributed by atoms with Crippen molar-refractivity contribution in [2.45, 2.75) is 19.3 Å². The highest BCUT2D eigenvalue weighted by Gasteiger charge is 2.38. The van der Waals surface area contributed by atoms with Crippen LogP contribution in [-0.2, 0) is 19.1 Å². The number of rotatable bonds is 8. The summed E-state index contributed by atoms with van der Waals surface area (Å²) in [6.45, 7) is 1.31. The fraction of sp³-hybridized carbons (Fsp3) is 0.786. The second kappa shape index (κ2) is 6.89. The molecule has 1 N–H and O–H groups in total. The summed E-state index contributed by atoms with van der Waals surface area (Å²) in [7, 11) is 1.50. The van der Waals surface area contributed by atoms with Gasteiger partial charge < -0.3 is 19.6 Å². The molecule has 7 heteroatoms. The lowest BCUT2D eigenvalue weighted by atomic mass is 10.1. The summed E-state index contributed by atoms with van der Waals surface area (Å²) in [6.07, 6.45) is 2.50. The van der Waals surface area contributed by atoms with Crippen LogP contribution < -0.4 is 0 Å². The van der Waals surface area contributed by atoms with E-state index in [1.807, 2.05) is 0 Å². The Balaban J connectivity index is 1.92. The van der Waals surface area contributed by atoms with Crippen molar-refractivity contribution in [1.82, 2.24) is 9.80 Å². The zero-order chi connectivity index (χ0) is 15.4. The Labute approximate surface area is 123 Å². The van der Waals surface area contributed by atoms with Gasteiger partial charge in [-0.25, -0.2) is 0 Å². The Hall–Kier alpha value is -1.63. The van der Waals surface area contributed by atoms with Crippen LogP contribution in [0.3, 0.4) is 0 Å². The van der Waals surface area contributed by atoms with Crippen LogP contribution in [0, 0.1) is 11.8 Å². The monoisotopic (exact) mass is 298 g/mol. The summed E-state index contributed by atoms with van der Waals surface area (Å²) in [5, 5.41) is 8.89. The molecule has 2 aliphatic rings. The molecule has 2 amide bonds. The zero-order valence-corrected chi connectivity index (χ0v) is 12.3. The lowest BCUT2D eigenvalue weighted by Gasteiger charge is -2.23. The summed E-state index contributed by atoms with van der Waals surface area (Å²) < 4.78 is 4.91. The number of ether oxygens (including phenoxy) is 1. The van der Waals surface area contributed by atoms with E-state index in [9.17, 15) is 14.4 Å². The first kappa shape index (κ1) is 15.8. The van der Waals surface area contributed by atoms with Crippen LogP contribution in [0.5, 0.6) is 0 Å². The van der Waals surface area contributed by atoms with Crippen molar-refractivity contribution < 1.29 is 24.2 Å². The molecule has 1 unspecified atom stereocenters. The highest BCUT2D eigenvalue weighted by Crippen LogP contribution is 2.32. The Morgan fingerprint density at radius 2 is 2.14 bits per heavy atom. The minimum atomic E-state index is -1.06. The third-order valence-corrected chi connectivity index (χ3v) is 3.94. The van der Waals surface area contributed by atoms with Crippen molar-refractivity contribution in [3.8, 4) is 0 Å². The molecule has 0 aromatic carbocycles. The van der Waals surface area contributed by atoms with Crippen LogP contribution in [0.4, 0.5) is 0 Å². The molecule has 1 atom stereocenters. The first-order valence-electron chi connectivity index (χ1n) is 7.28. The average molecular weight is 298 g/mol. The molecule has 118 valence electrons. The van der Waals surface area contributed by atoms with Gasteiger partial charge in [-0.2, -0.15) is 0 Å². The fourth-order valence-electron chi connectivity index (χ4n) is 2.62. The number of hydrogen-bond acceptors (Lipinski definition) is 4. The van der Waals surface area contributed by atoms with Gasteiger partial charge in [0.15, 0.2) is 0 Å². The molecule has 2 fully saturated rings. The van der Waals surface area contributed by atoms with Crippen molar-refractivity contribution in [2.24, 2.45) is 11.8 Å². The molecule has 1 saturated heterocycles. The summed E-state index contributed by atoms with van der Waals surface area (Å²) in [6, 6.07) is 0. The quantitative estimate of drug-likeness (QED) is 0.671. The van der Waals surface area contributed by atoms with Crippen molar-refractivity contribution in [2.75, 3.05) is 39.9 Å². The SMILES string of the molecule is COCCN(CC(=O)O)C(=O)C1CC(=O)N(CC2CC2)C1. The predicted molar refractivity (Wildman–Crippen MR) is 73.5 cm³/mol. The van der Waals surface area contributed by atoms with Gasteiger partial charge in [-0.1, -0.05) is 0 Å². The number of carbonyl (C=O) groups excluding carboxylic acids is 2. The van der Waals surface area contributed by atoms with E-state index in [1.54, 1.807) is 4.90 Å². The highest BCUT2D eigenvalue weighted by molar-refractivity contribution is 5.90. The van der Waals surface area contributed by atoms with Gasteiger partial charge in [0, 0.05) is 33.2 Å². The number of nitrogens with zero attached hydrogens (tertiary/aromatic N) is 2. The second-order valence-electron chi connectivity index (χ2n) is 5.79.